The van der Waals surface area contributed by atoms with Gasteiger partial charge in [0.15, 0.2) is 11.3 Å². The van der Waals surface area contributed by atoms with Gasteiger partial charge in [-0.15, -0.1) is 45.3 Å². The number of nitrogens with zero attached hydrogens (tertiary/aromatic N) is 5. The lowest BCUT2D eigenvalue weighted by Crippen LogP contribution is -2.20. The van der Waals surface area contributed by atoms with Crippen LogP contribution in [0.4, 0.5) is 5.69 Å². The molecule has 10 heteroatoms. The Balaban J connectivity index is 1.33. The van der Waals surface area contributed by atoms with Gasteiger partial charge in [-0.3, -0.25) is 0 Å². The van der Waals surface area contributed by atoms with Gasteiger partial charge < -0.3 is 14.2 Å². The average molecular weight is 704 g/mol. The number of aromatic nitrogens is 1. The van der Waals surface area contributed by atoms with Gasteiger partial charge in [-0.2, -0.15) is 15.8 Å². The second kappa shape index (κ2) is 12.6. The van der Waals surface area contributed by atoms with Gasteiger partial charge in [0.05, 0.1) is 29.8 Å². The molecule has 0 saturated carbocycles. The molecule has 0 atom stereocenters. The molecule has 0 fully saturated rings. The first kappa shape index (κ1) is 32.2. The minimum absolute atomic E-state index is 0.0654. The largest absolute Gasteiger partial charge is 0.480 e. The van der Waals surface area contributed by atoms with Crippen LogP contribution in [0.25, 0.3) is 55.7 Å². The van der Waals surface area contributed by atoms with Gasteiger partial charge in [-0.05, 0) is 56.2 Å². The topological polar surface area (TPSA) is 88.8 Å². The van der Waals surface area contributed by atoms with Crippen LogP contribution in [0.5, 0.6) is 0 Å². The molecule has 1 aromatic carbocycles. The molecule has 0 amide bonds. The van der Waals surface area contributed by atoms with E-state index in [1.807, 2.05) is 72.1 Å². The SMILES string of the molecule is CCCCCCn1c2c3sc(/C=C/C4=C(C#N)C(=C(C#N)C#N)OC4(C)C)cc3sc2c2sc3cc(-c4ccc(N(C)C)cc4)sc3c21. The van der Waals surface area contributed by atoms with Crippen molar-refractivity contribution in [3.8, 4) is 28.6 Å². The number of allylic oxidation sites excluding steroid dienone is 2. The van der Waals surface area contributed by atoms with Gasteiger partial charge in [-0.25, -0.2) is 0 Å². The lowest BCUT2D eigenvalue weighted by molar-refractivity contribution is 0.0954. The van der Waals surface area contributed by atoms with Crippen molar-refractivity contribution in [3.63, 3.8) is 0 Å². The molecule has 1 aliphatic heterocycles. The van der Waals surface area contributed by atoms with Crippen molar-refractivity contribution in [2.75, 3.05) is 19.0 Å². The zero-order valence-electron chi connectivity index (χ0n) is 27.4. The molecule has 1 aliphatic rings. The summed E-state index contributed by atoms with van der Waals surface area (Å²) in [6.07, 6.45) is 8.76. The maximum Gasteiger partial charge on any atom is 0.172 e. The maximum atomic E-state index is 9.96. The summed E-state index contributed by atoms with van der Waals surface area (Å²) in [5.74, 6) is 0.0654. The van der Waals surface area contributed by atoms with Crippen molar-refractivity contribution < 1.29 is 4.74 Å². The van der Waals surface area contributed by atoms with E-state index < -0.39 is 5.60 Å². The Morgan fingerprint density at radius 3 is 2.15 bits per heavy atom. The number of benzene rings is 1. The van der Waals surface area contributed by atoms with E-state index in [0.717, 1.165) is 17.8 Å². The molecule has 6 heterocycles. The van der Waals surface area contributed by atoms with Crippen LogP contribution in [-0.2, 0) is 11.3 Å². The lowest BCUT2D eigenvalue weighted by Gasteiger charge is -2.20. The molecule has 0 aliphatic carbocycles. The third kappa shape index (κ3) is 5.32. The van der Waals surface area contributed by atoms with Crippen LogP contribution in [0.2, 0.25) is 0 Å². The molecule has 6 aromatic rings. The molecule has 5 aromatic heterocycles. The summed E-state index contributed by atoms with van der Waals surface area (Å²) in [5.41, 5.74) is 5.05. The van der Waals surface area contributed by atoms with Gasteiger partial charge in [0, 0.05) is 51.1 Å². The second-order valence-corrected chi connectivity index (χ2v) is 16.9. The number of hydrogen-bond acceptors (Lipinski definition) is 9. The number of aryl methyl sites for hydroxylation is 1. The van der Waals surface area contributed by atoms with Crippen LogP contribution in [0.1, 0.15) is 51.3 Å². The van der Waals surface area contributed by atoms with Crippen LogP contribution in [0, 0.1) is 34.0 Å². The number of unbranched alkanes of at least 4 members (excludes halogenated alkanes) is 3. The van der Waals surface area contributed by atoms with Gasteiger partial charge in [-0.1, -0.05) is 44.4 Å². The Morgan fingerprint density at radius 2 is 1.52 bits per heavy atom. The molecular weight excluding hydrogens is 671 g/mol. The van der Waals surface area contributed by atoms with Crippen molar-refractivity contribution in [2.45, 2.75) is 58.6 Å². The number of nitriles is 3. The van der Waals surface area contributed by atoms with E-state index >= 15 is 0 Å². The van der Waals surface area contributed by atoms with Crippen LogP contribution in [0.15, 0.2) is 65.0 Å². The zero-order chi connectivity index (χ0) is 33.7. The number of hydrogen-bond donors (Lipinski definition) is 0. The Kier molecular flexibility index (Phi) is 8.44. The van der Waals surface area contributed by atoms with E-state index in [9.17, 15) is 15.8 Å². The summed E-state index contributed by atoms with van der Waals surface area (Å²) in [4.78, 5) is 4.52. The second-order valence-electron chi connectivity index (χ2n) is 12.6. The number of rotatable bonds is 9. The zero-order valence-corrected chi connectivity index (χ0v) is 30.7. The fourth-order valence-corrected chi connectivity index (χ4v) is 11.7. The molecular formula is C38H33N5OS4. The van der Waals surface area contributed by atoms with E-state index in [4.69, 9.17) is 4.74 Å². The standard InChI is InChI=1S/C38H33N5OS4/c1-6-7-8-9-16-43-31-34-29(17-25(45-34)14-15-27-26(21-41)33(23(19-39)20-40)44-38(27,2)3)47-36(31)37-32(43)35-30(48-37)18-28(46-35)22-10-12-24(13-11-22)42(4)5/h10-15,17-18H,6-9,16H2,1-5H3/b15-14+. The maximum absolute atomic E-state index is 9.96. The predicted octanol–water partition coefficient (Wildman–Crippen LogP) is 11.6. The summed E-state index contributed by atoms with van der Waals surface area (Å²) in [5, 5.41) is 28.8. The van der Waals surface area contributed by atoms with Crippen LogP contribution >= 0.6 is 45.3 Å². The van der Waals surface area contributed by atoms with Gasteiger partial charge in [0.2, 0.25) is 0 Å². The summed E-state index contributed by atoms with van der Waals surface area (Å²) in [6.45, 7) is 6.96. The Labute approximate surface area is 295 Å². The average Bonchev–Trinajstić information content (AvgIpc) is 3.88. The molecule has 240 valence electrons. The normalized spacial score (nSPS) is 14.4. The molecule has 7 rings (SSSR count). The van der Waals surface area contributed by atoms with E-state index in [1.54, 1.807) is 11.3 Å². The first-order valence-corrected chi connectivity index (χ1v) is 19.2. The van der Waals surface area contributed by atoms with Gasteiger partial charge in [0.1, 0.15) is 29.4 Å². The summed E-state index contributed by atoms with van der Waals surface area (Å²) >= 11 is 7.47. The van der Waals surface area contributed by atoms with Gasteiger partial charge >= 0.3 is 0 Å². The van der Waals surface area contributed by atoms with Crippen molar-refractivity contribution >= 4 is 96.3 Å². The first-order valence-electron chi connectivity index (χ1n) is 15.9. The number of thiophene rings is 4. The molecule has 0 unspecified atom stereocenters. The fraction of sp³-hybridized carbons (Fsp3) is 0.289. The highest BCUT2D eigenvalue weighted by Crippen LogP contribution is 2.52. The highest BCUT2D eigenvalue weighted by Gasteiger charge is 2.38. The monoisotopic (exact) mass is 703 g/mol. The summed E-state index contributed by atoms with van der Waals surface area (Å²) in [7, 11) is 4.14. The van der Waals surface area contributed by atoms with Gasteiger partial charge in [0.25, 0.3) is 0 Å². The number of anilines is 1. The van der Waals surface area contributed by atoms with E-state index in [1.165, 1.54) is 74.6 Å². The van der Waals surface area contributed by atoms with Crippen molar-refractivity contribution in [2.24, 2.45) is 0 Å². The molecule has 0 bridgehead atoms. The number of fused-ring (bicyclic) bond motifs is 7. The van der Waals surface area contributed by atoms with Crippen LogP contribution in [-0.4, -0.2) is 24.3 Å². The van der Waals surface area contributed by atoms with Crippen LogP contribution < -0.4 is 4.90 Å². The lowest BCUT2D eigenvalue weighted by atomic mass is 9.94. The summed E-state index contributed by atoms with van der Waals surface area (Å²) in [6, 6.07) is 19.4. The molecule has 0 radical (unpaired) electrons. The quantitative estimate of drug-likeness (QED) is 0.110. The van der Waals surface area contributed by atoms with Crippen molar-refractivity contribution in [3.05, 3.63) is 69.8 Å². The third-order valence-corrected chi connectivity index (χ3v) is 13.8. The smallest absolute Gasteiger partial charge is 0.172 e. The summed E-state index contributed by atoms with van der Waals surface area (Å²) < 4.78 is 16.6. The van der Waals surface area contributed by atoms with Crippen molar-refractivity contribution in [1.82, 2.24) is 4.57 Å². The highest BCUT2D eigenvalue weighted by molar-refractivity contribution is 7.39. The molecule has 6 nitrogen and oxygen atoms in total. The van der Waals surface area contributed by atoms with E-state index in [0.29, 0.717) is 5.57 Å². The first-order chi connectivity index (χ1) is 23.2. The molecule has 0 N–H and O–H groups in total. The van der Waals surface area contributed by atoms with E-state index in [-0.39, 0.29) is 16.9 Å². The van der Waals surface area contributed by atoms with Crippen LogP contribution in [0.3, 0.4) is 0 Å². The molecule has 0 spiro atoms. The Hall–Kier alpha value is -4.37. The number of ether oxygens (including phenoxy) is 1. The minimum Gasteiger partial charge on any atom is -0.480 e. The molecule has 48 heavy (non-hydrogen) atoms. The molecule has 0 saturated heterocycles. The Bertz CT molecular complexity index is 2430. The third-order valence-electron chi connectivity index (χ3n) is 8.83. The fourth-order valence-electron chi connectivity index (χ4n) is 6.40. The predicted molar refractivity (Wildman–Crippen MR) is 205 cm³/mol. The van der Waals surface area contributed by atoms with E-state index in [2.05, 4.69) is 73.0 Å². The minimum atomic E-state index is -0.839. The highest BCUT2D eigenvalue weighted by atomic mass is 32.1. The Morgan fingerprint density at radius 1 is 0.854 bits per heavy atom. The van der Waals surface area contributed by atoms with Crippen molar-refractivity contribution in [1.29, 1.82) is 15.8 Å².